The maximum atomic E-state index is 10.3. The number of nitrogens with zero attached hydrogens (tertiary/aromatic N) is 1. The van der Waals surface area contributed by atoms with Gasteiger partial charge in [0.1, 0.15) is 12.5 Å². The van der Waals surface area contributed by atoms with E-state index in [1.165, 1.54) is 19.3 Å². The third-order valence-corrected chi connectivity index (χ3v) is 2.73. The predicted molar refractivity (Wildman–Crippen MR) is 55.6 cm³/mol. The minimum atomic E-state index is 0.349. The van der Waals surface area contributed by atoms with Crippen LogP contribution in [0.2, 0.25) is 0 Å². The normalized spacial score (nSPS) is 21.5. The highest BCUT2D eigenvalue weighted by molar-refractivity contribution is 5.53. The third-order valence-electron chi connectivity index (χ3n) is 2.73. The zero-order valence-corrected chi connectivity index (χ0v) is 8.74. The standard InChI is InChI=1S/C11H16N2O2/c14-6-4-10-8-15-11(13-10)7-9-3-1-2-5-12-9/h6,8-9,12H,1-5,7H2. The Balaban J connectivity index is 1.88. The number of carbonyl (C=O) groups excluding carboxylic acids is 1. The van der Waals surface area contributed by atoms with Gasteiger partial charge in [-0.2, -0.15) is 0 Å². The molecule has 1 saturated heterocycles. The Hall–Kier alpha value is -1.16. The summed E-state index contributed by atoms with van der Waals surface area (Å²) in [5.74, 6) is 0.742. The highest BCUT2D eigenvalue weighted by atomic mass is 16.3. The summed E-state index contributed by atoms with van der Waals surface area (Å²) in [7, 11) is 0. The first kappa shape index (κ1) is 10.4. The Morgan fingerprint density at radius 2 is 2.53 bits per heavy atom. The smallest absolute Gasteiger partial charge is 0.195 e. The summed E-state index contributed by atoms with van der Waals surface area (Å²) in [6.45, 7) is 1.09. The molecule has 1 fully saturated rings. The van der Waals surface area contributed by atoms with Crippen LogP contribution in [-0.4, -0.2) is 23.9 Å². The van der Waals surface area contributed by atoms with E-state index in [0.717, 1.165) is 30.8 Å². The average Bonchev–Trinajstić information content (AvgIpc) is 2.68. The number of hydrogen-bond acceptors (Lipinski definition) is 4. The molecule has 4 nitrogen and oxygen atoms in total. The molecule has 2 rings (SSSR count). The molecule has 82 valence electrons. The van der Waals surface area contributed by atoms with Crippen LogP contribution in [0.4, 0.5) is 0 Å². The van der Waals surface area contributed by atoms with Crippen LogP contribution in [-0.2, 0) is 17.6 Å². The number of oxazole rings is 1. The largest absolute Gasteiger partial charge is 0.449 e. The summed E-state index contributed by atoms with van der Waals surface area (Å²) in [4.78, 5) is 14.5. The Kier molecular flexibility index (Phi) is 3.50. The first-order chi connectivity index (χ1) is 7.38. The molecule has 2 heterocycles. The van der Waals surface area contributed by atoms with Crippen LogP contribution in [0.25, 0.3) is 0 Å². The molecular weight excluding hydrogens is 192 g/mol. The van der Waals surface area contributed by atoms with E-state index in [1.54, 1.807) is 6.26 Å². The van der Waals surface area contributed by atoms with Gasteiger partial charge >= 0.3 is 0 Å². The van der Waals surface area contributed by atoms with Gasteiger partial charge in [-0.05, 0) is 19.4 Å². The fraction of sp³-hybridized carbons (Fsp3) is 0.636. The second-order valence-corrected chi connectivity index (χ2v) is 3.95. The molecule has 0 spiro atoms. The lowest BCUT2D eigenvalue weighted by molar-refractivity contribution is -0.107. The second-order valence-electron chi connectivity index (χ2n) is 3.95. The molecule has 1 atom stereocenters. The molecule has 1 aromatic heterocycles. The van der Waals surface area contributed by atoms with Gasteiger partial charge in [-0.25, -0.2) is 4.98 Å². The highest BCUT2D eigenvalue weighted by Crippen LogP contribution is 2.12. The first-order valence-corrected chi connectivity index (χ1v) is 5.49. The molecule has 0 amide bonds. The number of piperidine rings is 1. The monoisotopic (exact) mass is 208 g/mol. The summed E-state index contributed by atoms with van der Waals surface area (Å²) < 4.78 is 5.31. The maximum absolute atomic E-state index is 10.3. The molecule has 0 aromatic carbocycles. The van der Waals surface area contributed by atoms with Crippen LogP contribution < -0.4 is 5.32 Å². The fourth-order valence-electron chi connectivity index (χ4n) is 1.93. The van der Waals surface area contributed by atoms with Gasteiger partial charge in [-0.15, -0.1) is 0 Å². The van der Waals surface area contributed by atoms with Crippen molar-refractivity contribution in [3.05, 3.63) is 17.8 Å². The number of nitrogens with one attached hydrogen (secondary N) is 1. The van der Waals surface area contributed by atoms with Crippen LogP contribution in [0.5, 0.6) is 0 Å². The minimum Gasteiger partial charge on any atom is -0.449 e. The average molecular weight is 208 g/mol. The number of aldehydes is 1. The molecule has 0 saturated carbocycles. The van der Waals surface area contributed by atoms with Gasteiger partial charge in [0.2, 0.25) is 0 Å². The Morgan fingerprint density at radius 3 is 3.27 bits per heavy atom. The summed E-state index contributed by atoms with van der Waals surface area (Å²) in [5, 5.41) is 3.44. The Morgan fingerprint density at radius 1 is 1.60 bits per heavy atom. The van der Waals surface area contributed by atoms with Crippen molar-refractivity contribution in [2.75, 3.05) is 6.54 Å². The zero-order chi connectivity index (χ0) is 10.5. The summed E-state index contributed by atoms with van der Waals surface area (Å²) in [6, 6.07) is 0.487. The zero-order valence-electron chi connectivity index (χ0n) is 8.74. The molecule has 4 heteroatoms. The van der Waals surface area contributed by atoms with Crippen LogP contribution in [0.15, 0.2) is 10.7 Å². The summed E-state index contributed by atoms with van der Waals surface area (Å²) in [6.07, 6.45) is 7.33. The van der Waals surface area contributed by atoms with Gasteiger partial charge in [-0.1, -0.05) is 6.42 Å². The number of carbonyl (C=O) groups is 1. The SMILES string of the molecule is O=CCc1coc(CC2CCCCN2)n1. The minimum absolute atomic E-state index is 0.349. The Labute approximate surface area is 89.1 Å². The van der Waals surface area contributed by atoms with Gasteiger partial charge in [0.05, 0.1) is 5.69 Å². The first-order valence-electron chi connectivity index (χ1n) is 5.49. The van der Waals surface area contributed by atoms with E-state index in [9.17, 15) is 4.79 Å². The van der Waals surface area contributed by atoms with Crippen LogP contribution in [0, 0.1) is 0 Å². The molecule has 15 heavy (non-hydrogen) atoms. The van der Waals surface area contributed by atoms with Gasteiger partial charge < -0.3 is 14.5 Å². The lowest BCUT2D eigenvalue weighted by atomic mass is 10.0. The van der Waals surface area contributed by atoms with Crippen LogP contribution in [0.1, 0.15) is 30.8 Å². The second kappa shape index (κ2) is 5.07. The van der Waals surface area contributed by atoms with Crippen molar-refractivity contribution in [1.29, 1.82) is 0 Å². The fourth-order valence-corrected chi connectivity index (χ4v) is 1.93. The number of hydrogen-bond donors (Lipinski definition) is 1. The molecule has 1 aliphatic heterocycles. The summed E-state index contributed by atoms with van der Waals surface area (Å²) in [5.41, 5.74) is 0.732. The van der Waals surface area contributed by atoms with Crippen molar-refractivity contribution in [3.63, 3.8) is 0 Å². The summed E-state index contributed by atoms with van der Waals surface area (Å²) >= 11 is 0. The van der Waals surface area contributed by atoms with E-state index < -0.39 is 0 Å². The van der Waals surface area contributed by atoms with Gasteiger partial charge in [0.25, 0.3) is 0 Å². The molecule has 1 aliphatic rings. The van der Waals surface area contributed by atoms with Crippen LogP contribution >= 0.6 is 0 Å². The van der Waals surface area contributed by atoms with E-state index in [4.69, 9.17) is 4.42 Å². The van der Waals surface area contributed by atoms with Gasteiger partial charge in [0.15, 0.2) is 5.89 Å². The van der Waals surface area contributed by atoms with Crippen molar-refractivity contribution in [3.8, 4) is 0 Å². The molecule has 1 N–H and O–H groups in total. The van der Waals surface area contributed by atoms with Crippen LogP contribution in [0.3, 0.4) is 0 Å². The Bertz CT molecular complexity index is 316. The molecule has 0 bridgehead atoms. The van der Waals surface area contributed by atoms with E-state index >= 15 is 0 Å². The number of aromatic nitrogens is 1. The predicted octanol–water partition coefficient (Wildman–Crippen LogP) is 1.10. The van der Waals surface area contributed by atoms with Crippen molar-refractivity contribution < 1.29 is 9.21 Å². The molecule has 0 radical (unpaired) electrons. The molecule has 1 unspecified atom stereocenters. The van der Waals surface area contributed by atoms with Gasteiger partial charge in [-0.3, -0.25) is 0 Å². The maximum Gasteiger partial charge on any atom is 0.195 e. The quantitative estimate of drug-likeness (QED) is 0.753. The lowest BCUT2D eigenvalue weighted by Gasteiger charge is -2.21. The van der Waals surface area contributed by atoms with Crippen molar-refractivity contribution in [2.45, 2.75) is 38.1 Å². The molecule has 0 aliphatic carbocycles. The van der Waals surface area contributed by atoms with E-state index in [-0.39, 0.29) is 0 Å². The van der Waals surface area contributed by atoms with E-state index in [2.05, 4.69) is 10.3 Å². The van der Waals surface area contributed by atoms with E-state index in [0.29, 0.717) is 12.5 Å². The third kappa shape index (κ3) is 2.89. The van der Waals surface area contributed by atoms with Gasteiger partial charge in [0, 0.05) is 18.9 Å². The van der Waals surface area contributed by atoms with Crippen molar-refractivity contribution in [1.82, 2.24) is 10.3 Å². The number of rotatable bonds is 4. The van der Waals surface area contributed by atoms with Crippen molar-refractivity contribution in [2.24, 2.45) is 0 Å². The highest BCUT2D eigenvalue weighted by Gasteiger charge is 2.15. The topological polar surface area (TPSA) is 55.1 Å². The molecular formula is C11H16N2O2. The van der Waals surface area contributed by atoms with Crippen molar-refractivity contribution >= 4 is 6.29 Å². The molecule has 1 aromatic rings. The lowest BCUT2D eigenvalue weighted by Crippen LogP contribution is -2.35. The van der Waals surface area contributed by atoms with E-state index in [1.807, 2.05) is 0 Å².